The molecule has 6 heteroatoms. The lowest BCUT2D eigenvalue weighted by atomic mass is 10.1. The Morgan fingerprint density at radius 3 is 2.73 bits per heavy atom. The summed E-state index contributed by atoms with van der Waals surface area (Å²) in [7, 11) is 0. The van der Waals surface area contributed by atoms with Crippen molar-refractivity contribution in [3.8, 4) is 6.07 Å². The van der Waals surface area contributed by atoms with Gasteiger partial charge in [0.15, 0.2) is 0 Å². The first-order valence-electron chi connectivity index (χ1n) is 7.83. The van der Waals surface area contributed by atoms with Crippen LogP contribution in [0, 0.1) is 11.3 Å². The monoisotopic (exact) mass is 299 g/mol. The quantitative estimate of drug-likeness (QED) is 0.845. The highest BCUT2D eigenvalue weighted by molar-refractivity contribution is 5.85. The molecule has 0 spiro atoms. The Balaban J connectivity index is 1.47. The SMILES string of the molecule is CCC1=NO[C@H](CN2CCN(c3ccc(C#N)cn3)CC2)C1. The van der Waals surface area contributed by atoms with Gasteiger partial charge in [0, 0.05) is 45.3 Å². The van der Waals surface area contributed by atoms with Gasteiger partial charge in [-0.3, -0.25) is 4.90 Å². The minimum Gasteiger partial charge on any atom is -0.391 e. The van der Waals surface area contributed by atoms with Crippen LogP contribution in [0.5, 0.6) is 0 Å². The van der Waals surface area contributed by atoms with E-state index in [0.717, 1.165) is 51.4 Å². The van der Waals surface area contributed by atoms with Crippen LogP contribution >= 0.6 is 0 Å². The van der Waals surface area contributed by atoms with Crippen molar-refractivity contribution in [3.63, 3.8) is 0 Å². The Morgan fingerprint density at radius 2 is 2.14 bits per heavy atom. The standard InChI is InChI=1S/C16H21N5O/c1-2-14-9-15(22-19-14)12-20-5-7-21(8-6-20)16-4-3-13(10-17)11-18-16/h3-4,11,15H,2,5-9,12H2,1H3/t15-/m0/s1. The summed E-state index contributed by atoms with van der Waals surface area (Å²) >= 11 is 0. The molecule has 0 unspecified atom stereocenters. The first-order valence-corrected chi connectivity index (χ1v) is 7.83. The molecule has 1 saturated heterocycles. The molecule has 1 fully saturated rings. The summed E-state index contributed by atoms with van der Waals surface area (Å²) in [6.07, 6.45) is 3.80. The largest absolute Gasteiger partial charge is 0.391 e. The number of piperazine rings is 1. The van der Waals surface area contributed by atoms with Gasteiger partial charge in [-0.2, -0.15) is 5.26 Å². The number of hydrogen-bond acceptors (Lipinski definition) is 6. The van der Waals surface area contributed by atoms with Gasteiger partial charge < -0.3 is 9.74 Å². The Hall–Kier alpha value is -2.13. The second-order valence-electron chi connectivity index (χ2n) is 5.75. The summed E-state index contributed by atoms with van der Waals surface area (Å²) in [5.74, 6) is 0.951. The van der Waals surface area contributed by atoms with Crippen LogP contribution < -0.4 is 4.90 Å². The Labute approximate surface area is 131 Å². The van der Waals surface area contributed by atoms with E-state index >= 15 is 0 Å². The molecule has 1 atom stereocenters. The Morgan fingerprint density at radius 1 is 1.32 bits per heavy atom. The fraction of sp³-hybridized carbons (Fsp3) is 0.562. The summed E-state index contributed by atoms with van der Waals surface area (Å²) < 4.78 is 0. The van der Waals surface area contributed by atoms with E-state index in [4.69, 9.17) is 10.1 Å². The van der Waals surface area contributed by atoms with Crippen LogP contribution in [0.3, 0.4) is 0 Å². The van der Waals surface area contributed by atoms with Gasteiger partial charge in [-0.25, -0.2) is 4.98 Å². The van der Waals surface area contributed by atoms with Gasteiger partial charge in [0.25, 0.3) is 0 Å². The number of pyridine rings is 1. The topological polar surface area (TPSA) is 64.8 Å². The number of nitrogens with zero attached hydrogens (tertiary/aromatic N) is 5. The summed E-state index contributed by atoms with van der Waals surface area (Å²) in [6, 6.07) is 5.85. The van der Waals surface area contributed by atoms with Crippen LogP contribution in [0.1, 0.15) is 25.3 Å². The normalized spacial score (nSPS) is 22.1. The van der Waals surface area contributed by atoms with Gasteiger partial charge in [0.2, 0.25) is 0 Å². The van der Waals surface area contributed by atoms with E-state index in [1.807, 2.05) is 12.1 Å². The van der Waals surface area contributed by atoms with E-state index in [-0.39, 0.29) is 6.10 Å². The predicted molar refractivity (Wildman–Crippen MR) is 84.8 cm³/mol. The molecule has 1 aromatic heterocycles. The summed E-state index contributed by atoms with van der Waals surface area (Å²) in [5.41, 5.74) is 1.78. The van der Waals surface area contributed by atoms with Gasteiger partial charge in [0.05, 0.1) is 11.3 Å². The molecule has 2 aliphatic rings. The first kappa shape index (κ1) is 14.8. The predicted octanol–water partition coefficient (Wildman–Crippen LogP) is 1.63. The highest BCUT2D eigenvalue weighted by atomic mass is 16.6. The molecule has 116 valence electrons. The Kier molecular flexibility index (Phi) is 4.54. The van der Waals surface area contributed by atoms with Crippen molar-refractivity contribution in [3.05, 3.63) is 23.9 Å². The van der Waals surface area contributed by atoms with Crippen LogP contribution in [0.4, 0.5) is 5.82 Å². The molecule has 0 radical (unpaired) electrons. The van der Waals surface area contributed by atoms with Crippen LogP contribution in [0.15, 0.2) is 23.5 Å². The van der Waals surface area contributed by atoms with Crippen LogP contribution in [-0.2, 0) is 4.84 Å². The van der Waals surface area contributed by atoms with Crippen molar-refractivity contribution in [2.75, 3.05) is 37.6 Å². The Bertz CT molecular complexity index is 569. The smallest absolute Gasteiger partial charge is 0.145 e. The van der Waals surface area contributed by atoms with Crippen molar-refractivity contribution in [2.24, 2.45) is 5.16 Å². The zero-order valence-corrected chi connectivity index (χ0v) is 12.9. The van der Waals surface area contributed by atoms with E-state index in [1.54, 1.807) is 6.20 Å². The lowest BCUT2D eigenvalue weighted by Crippen LogP contribution is -2.48. The van der Waals surface area contributed by atoms with Gasteiger partial charge in [-0.15, -0.1) is 0 Å². The summed E-state index contributed by atoms with van der Waals surface area (Å²) in [5, 5.41) is 12.9. The van der Waals surface area contributed by atoms with Crippen molar-refractivity contribution >= 4 is 11.5 Å². The number of aromatic nitrogens is 1. The molecule has 1 aromatic rings. The zero-order valence-electron chi connectivity index (χ0n) is 12.9. The zero-order chi connectivity index (χ0) is 15.4. The molecule has 0 bridgehead atoms. The molecule has 0 aliphatic carbocycles. The van der Waals surface area contributed by atoms with Crippen molar-refractivity contribution in [2.45, 2.75) is 25.9 Å². The molecule has 0 N–H and O–H groups in total. The van der Waals surface area contributed by atoms with Crippen LogP contribution in [0.25, 0.3) is 0 Å². The summed E-state index contributed by atoms with van der Waals surface area (Å²) in [6.45, 7) is 6.97. The maximum absolute atomic E-state index is 8.81. The van der Waals surface area contributed by atoms with E-state index < -0.39 is 0 Å². The molecule has 6 nitrogen and oxygen atoms in total. The van der Waals surface area contributed by atoms with E-state index in [9.17, 15) is 0 Å². The van der Waals surface area contributed by atoms with Crippen LogP contribution in [-0.4, -0.2) is 54.4 Å². The molecular weight excluding hydrogens is 278 g/mol. The van der Waals surface area contributed by atoms with Crippen molar-refractivity contribution in [1.29, 1.82) is 5.26 Å². The van der Waals surface area contributed by atoms with E-state index in [1.165, 1.54) is 5.71 Å². The summed E-state index contributed by atoms with van der Waals surface area (Å²) in [4.78, 5) is 14.5. The second-order valence-corrected chi connectivity index (χ2v) is 5.75. The fourth-order valence-corrected chi connectivity index (χ4v) is 2.88. The third-order valence-corrected chi connectivity index (χ3v) is 4.24. The first-order chi connectivity index (χ1) is 10.8. The molecule has 0 aromatic carbocycles. The molecule has 0 saturated carbocycles. The van der Waals surface area contributed by atoms with Crippen LogP contribution in [0.2, 0.25) is 0 Å². The number of rotatable bonds is 4. The number of hydrogen-bond donors (Lipinski definition) is 0. The van der Waals surface area contributed by atoms with Crippen molar-refractivity contribution in [1.82, 2.24) is 9.88 Å². The third-order valence-electron chi connectivity index (χ3n) is 4.24. The van der Waals surface area contributed by atoms with Gasteiger partial charge in [0.1, 0.15) is 18.0 Å². The minimum atomic E-state index is 0.217. The lowest BCUT2D eigenvalue weighted by Gasteiger charge is -2.36. The minimum absolute atomic E-state index is 0.217. The second kappa shape index (κ2) is 6.75. The van der Waals surface area contributed by atoms with E-state index in [2.05, 4.69) is 32.9 Å². The maximum Gasteiger partial charge on any atom is 0.145 e. The number of anilines is 1. The molecule has 3 rings (SSSR count). The number of oxime groups is 1. The molecule has 22 heavy (non-hydrogen) atoms. The number of nitriles is 1. The highest BCUT2D eigenvalue weighted by Gasteiger charge is 2.25. The third kappa shape index (κ3) is 3.37. The molecule has 2 aliphatic heterocycles. The highest BCUT2D eigenvalue weighted by Crippen LogP contribution is 2.17. The molecule has 3 heterocycles. The molecule has 0 amide bonds. The van der Waals surface area contributed by atoms with Crippen molar-refractivity contribution < 1.29 is 4.84 Å². The van der Waals surface area contributed by atoms with Gasteiger partial charge >= 0.3 is 0 Å². The molecular formula is C16H21N5O. The average molecular weight is 299 g/mol. The lowest BCUT2D eigenvalue weighted by molar-refractivity contribution is 0.0510. The van der Waals surface area contributed by atoms with Gasteiger partial charge in [-0.05, 0) is 18.6 Å². The van der Waals surface area contributed by atoms with Gasteiger partial charge in [-0.1, -0.05) is 12.1 Å². The fourth-order valence-electron chi connectivity index (χ4n) is 2.88. The average Bonchev–Trinajstić information content (AvgIpc) is 3.03. The maximum atomic E-state index is 8.81. The van der Waals surface area contributed by atoms with E-state index in [0.29, 0.717) is 5.56 Å².